The first-order valence-electron chi connectivity index (χ1n) is 5.96. The van der Waals surface area contributed by atoms with E-state index < -0.39 is 22.5 Å². The fourth-order valence-electron chi connectivity index (χ4n) is 1.65. The van der Waals surface area contributed by atoms with Crippen LogP contribution in [0.25, 0.3) is 0 Å². The van der Waals surface area contributed by atoms with Crippen molar-refractivity contribution in [1.82, 2.24) is 0 Å². The molecule has 0 amide bonds. The van der Waals surface area contributed by atoms with Gasteiger partial charge in [0.25, 0.3) is 0 Å². The van der Waals surface area contributed by atoms with Crippen molar-refractivity contribution < 1.29 is 13.9 Å². The van der Waals surface area contributed by atoms with Gasteiger partial charge in [0, 0.05) is 11.3 Å². The molecule has 2 nitrogen and oxygen atoms in total. The largest absolute Gasteiger partial charge is 0.460 e. The fraction of sp³-hybridized carbons (Fsp3) is 0.500. The molecule has 0 spiro atoms. The quantitative estimate of drug-likeness (QED) is 0.780. The molecule has 0 bridgehead atoms. The molecule has 0 N–H and O–H groups in total. The summed E-state index contributed by atoms with van der Waals surface area (Å²) in [5.41, 5.74) is -0.558. The standard InChI is InChI=1S/C14H17FO2S/c1-13(2,3)17-12(16)11-9-14(11,15)18-10-7-5-4-6-8-10/h4-8,11H,9H2,1-3H3/t11-,14+/m0/s1. The molecule has 0 saturated heterocycles. The third kappa shape index (κ3) is 3.25. The molecule has 1 aliphatic rings. The van der Waals surface area contributed by atoms with E-state index in [9.17, 15) is 9.18 Å². The molecule has 1 aromatic rings. The molecule has 0 radical (unpaired) electrons. The van der Waals surface area contributed by atoms with E-state index in [0.717, 1.165) is 16.7 Å². The summed E-state index contributed by atoms with van der Waals surface area (Å²) in [7, 11) is 0. The molecule has 0 heterocycles. The number of carbonyl (C=O) groups is 1. The molecule has 0 unspecified atom stereocenters. The Morgan fingerprint density at radius 2 is 2.00 bits per heavy atom. The summed E-state index contributed by atoms with van der Waals surface area (Å²) in [5.74, 6) is -1.07. The summed E-state index contributed by atoms with van der Waals surface area (Å²) in [4.78, 5) is 12.6. The highest BCUT2D eigenvalue weighted by atomic mass is 32.2. The summed E-state index contributed by atoms with van der Waals surface area (Å²) in [6, 6.07) is 9.28. The maximum Gasteiger partial charge on any atom is 0.313 e. The lowest BCUT2D eigenvalue weighted by Crippen LogP contribution is -2.26. The predicted molar refractivity (Wildman–Crippen MR) is 70.1 cm³/mol. The number of hydrogen-bond donors (Lipinski definition) is 0. The number of carbonyl (C=O) groups excluding carboxylic acids is 1. The van der Waals surface area contributed by atoms with Crippen molar-refractivity contribution >= 4 is 17.7 Å². The lowest BCUT2D eigenvalue weighted by molar-refractivity contribution is -0.157. The molecule has 98 valence electrons. The van der Waals surface area contributed by atoms with Crippen LogP contribution in [-0.2, 0) is 9.53 Å². The molecular formula is C14H17FO2S. The molecule has 1 fully saturated rings. The number of hydrogen-bond acceptors (Lipinski definition) is 3. The van der Waals surface area contributed by atoms with Gasteiger partial charge >= 0.3 is 5.97 Å². The van der Waals surface area contributed by atoms with Gasteiger partial charge in [-0.1, -0.05) is 30.0 Å². The topological polar surface area (TPSA) is 26.3 Å². The molecule has 1 saturated carbocycles. The molecule has 1 aliphatic carbocycles. The minimum atomic E-state index is -1.50. The number of ether oxygens (including phenoxy) is 1. The van der Waals surface area contributed by atoms with Crippen LogP contribution in [0.4, 0.5) is 4.39 Å². The van der Waals surface area contributed by atoms with E-state index in [4.69, 9.17) is 4.74 Å². The third-order valence-electron chi connectivity index (χ3n) is 2.56. The van der Waals surface area contributed by atoms with Gasteiger partial charge < -0.3 is 4.74 Å². The van der Waals surface area contributed by atoms with Gasteiger partial charge in [-0.3, -0.25) is 4.79 Å². The van der Waals surface area contributed by atoms with Crippen LogP contribution < -0.4 is 0 Å². The van der Waals surface area contributed by atoms with Crippen LogP contribution in [0.2, 0.25) is 0 Å². The van der Waals surface area contributed by atoms with Gasteiger partial charge in [-0.25, -0.2) is 4.39 Å². The highest BCUT2D eigenvalue weighted by Gasteiger charge is 2.62. The van der Waals surface area contributed by atoms with Crippen molar-refractivity contribution in [1.29, 1.82) is 0 Å². The number of alkyl halides is 1. The van der Waals surface area contributed by atoms with Gasteiger partial charge in [-0.2, -0.15) is 0 Å². The average molecular weight is 268 g/mol. The van der Waals surface area contributed by atoms with E-state index >= 15 is 0 Å². The van der Waals surface area contributed by atoms with Gasteiger partial charge in [-0.05, 0) is 32.9 Å². The first-order chi connectivity index (χ1) is 8.30. The predicted octanol–water partition coefficient (Wildman–Crippen LogP) is 3.81. The lowest BCUT2D eigenvalue weighted by Gasteiger charge is -2.19. The van der Waals surface area contributed by atoms with E-state index in [1.54, 1.807) is 20.8 Å². The van der Waals surface area contributed by atoms with Crippen LogP contribution >= 0.6 is 11.8 Å². The van der Waals surface area contributed by atoms with Gasteiger partial charge in [0.05, 0.1) is 0 Å². The van der Waals surface area contributed by atoms with Crippen LogP contribution in [0, 0.1) is 5.92 Å². The van der Waals surface area contributed by atoms with Crippen LogP contribution in [0.3, 0.4) is 0 Å². The summed E-state index contributed by atoms with van der Waals surface area (Å²) in [6.07, 6.45) is 0.238. The maximum absolute atomic E-state index is 14.3. The summed E-state index contributed by atoms with van der Waals surface area (Å²) >= 11 is 1.11. The minimum absolute atomic E-state index is 0.238. The Labute approximate surface area is 111 Å². The van der Waals surface area contributed by atoms with E-state index in [1.807, 2.05) is 30.3 Å². The van der Waals surface area contributed by atoms with Crippen molar-refractivity contribution in [2.75, 3.05) is 0 Å². The van der Waals surface area contributed by atoms with Crippen LogP contribution in [0.15, 0.2) is 35.2 Å². The third-order valence-corrected chi connectivity index (χ3v) is 3.86. The smallest absolute Gasteiger partial charge is 0.313 e. The van der Waals surface area contributed by atoms with Crippen molar-refractivity contribution in [3.63, 3.8) is 0 Å². The Hall–Kier alpha value is -1.03. The molecule has 18 heavy (non-hydrogen) atoms. The Morgan fingerprint density at radius 1 is 1.39 bits per heavy atom. The first-order valence-corrected chi connectivity index (χ1v) is 6.78. The number of halogens is 1. The number of benzene rings is 1. The van der Waals surface area contributed by atoms with E-state index in [1.165, 1.54) is 0 Å². The maximum atomic E-state index is 14.3. The van der Waals surface area contributed by atoms with Crippen molar-refractivity contribution in [2.45, 2.75) is 42.7 Å². The number of rotatable bonds is 3. The second-order valence-electron chi connectivity index (χ2n) is 5.49. The molecule has 0 aromatic heterocycles. The van der Waals surface area contributed by atoms with Gasteiger partial charge in [0.1, 0.15) is 11.5 Å². The van der Waals surface area contributed by atoms with Crippen molar-refractivity contribution in [3.8, 4) is 0 Å². The Bertz CT molecular complexity index is 441. The zero-order valence-electron chi connectivity index (χ0n) is 10.8. The van der Waals surface area contributed by atoms with E-state index in [-0.39, 0.29) is 6.42 Å². The second kappa shape index (κ2) is 4.57. The minimum Gasteiger partial charge on any atom is -0.460 e. The average Bonchev–Trinajstić information content (AvgIpc) is 2.89. The fourth-order valence-corrected chi connectivity index (χ4v) is 2.82. The van der Waals surface area contributed by atoms with Gasteiger partial charge in [-0.15, -0.1) is 0 Å². The summed E-state index contributed by atoms with van der Waals surface area (Å²) < 4.78 is 19.5. The first kappa shape index (κ1) is 13.4. The molecule has 4 heteroatoms. The lowest BCUT2D eigenvalue weighted by atomic mass is 10.2. The zero-order chi connectivity index (χ0) is 13.4. The Kier molecular flexibility index (Phi) is 3.41. The molecule has 0 aliphatic heterocycles. The van der Waals surface area contributed by atoms with E-state index in [0.29, 0.717) is 0 Å². The Balaban J connectivity index is 1.95. The molecular weight excluding hydrogens is 251 g/mol. The summed E-state index contributed by atoms with van der Waals surface area (Å²) in [5, 5.41) is -1.50. The van der Waals surface area contributed by atoms with Gasteiger partial charge in [0.2, 0.25) is 0 Å². The van der Waals surface area contributed by atoms with Gasteiger partial charge in [0.15, 0.2) is 5.00 Å². The van der Waals surface area contributed by atoms with E-state index in [2.05, 4.69) is 0 Å². The molecule has 1 aromatic carbocycles. The van der Waals surface area contributed by atoms with Crippen LogP contribution in [0.5, 0.6) is 0 Å². The number of esters is 1. The second-order valence-corrected chi connectivity index (χ2v) is 6.85. The zero-order valence-corrected chi connectivity index (χ0v) is 11.6. The molecule has 2 rings (SSSR count). The summed E-state index contributed by atoms with van der Waals surface area (Å²) in [6.45, 7) is 5.37. The number of thioether (sulfide) groups is 1. The van der Waals surface area contributed by atoms with Crippen LogP contribution in [-0.4, -0.2) is 16.6 Å². The van der Waals surface area contributed by atoms with Crippen molar-refractivity contribution in [2.24, 2.45) is 5.92 Å². The highest BCUT2D eigenvalue weighted by Crippen LogP contribution is 2.58. The molecule has 2 atom stereocenters. The monoisotopic (exact) mass is 268 g/mol. The van der Waals surface area contributed by atoms with Crippen LogP contribution in [0.1, 0.15) is 27.2 Å². The SMILES string of the molecule is CC(C)(C)OC(=O)[C@@H]1C[C@@]1(F)Sc1ccccc1. The van der Waals surface area contributed by atoms with Crippen molar-refractivity contribution in [3.05, 3.63) is 30.3 Å². The Morgan fingerprint density at radius 3 is 2.56 bits per heavy atom. The normalized spacial score (nSPS) is 26.8. The highest BCUT2D eigenvalue weighted by molar-refractivity contribution is 8.00.